The second-order valence-electron chi connectivity index (χ2n) is 6.86. The molecule has 4 nitrogen and oxygen atoms in total. The van der Waals surface area contributed by atoms with Crippen LogP contribution in [0.3, 0.4) is 0 Å². The molecular formula is C16H30N2O2. The van der Waals surface area contributed by atoms with E-state index in [4.69, 9.17) is 4.74 Å². The maximum absolute atomic E-state index is 12.5. The number of ether oxygens (including phenoxy) is 1. The van der Waals surface area contributed by atoms with Gasteiger partial charge >= 0.3 is 6.09 Å². The Morgan fingerprint density at radius 1 is 1.20 bits per heavy atom. The minimum atomic E-state index is -0.455. The predicted octanol–water partition coefficient (Wildman–Crippen LogP) is 3.63. The number of carbonyl (C=O) groups excluding carboxylic acids is 1. The largest absolute Gasteiger partial charge is 0.444 e. The summed E-state index contributed by atoms with van der Waals surface area (Å²) >= 11 is 0. The Morgan fingerprint density at radius 3 is 2.20 bits per heavy atom. The Bertz CT molecular complexity index is 339. The summed E-state index contributed by atoms with van der Waals surface area (Å²) in [6, 6.07) is 0.287. The molecule has 1 rings (SSSR count). The standard InChI is InChI=1S/C16H30N2O2/c1-13(17(5)6)12-18(14-10-8-7-9-11-14)15(19)20-16(2,3)4/h14H,1,7-12H2,2-6H3. The molecule has 1 aliphatic rings. The summed E-state index contributed by atoms with van der Waals surface area (Å²) in [5, 5.41) is 0. The van der Waals surface area contributed by atoms with E-state index >= 15 is 0 Å². The van der Waals surface area contributed by atoms with Crippen molar-refractivity contribution < 1.29 is 9.53 Å². The van der Waals surface area contributed by atoms with Crippen LogP contribution in [-0.2, 0) is 4.74 Å². The lowest BCUT2D eigenvalue weighted by atomic mass is 9.94. The summed E-state index contributed by atoms with van der Waals surface area (Å²) in [5.41, 5.74) is 0.477. The molecule has 0 aliphatic heterocycles. The van der Waals surface area contributed by atoms with E-state index in [1.165, 1.54) is 19.3 Å². The molecule has 116 valence electrons. The van der Waals surface area contributed by atoms with Crippen LogP contribution in [0.4, 0.5) is 4.79 Å². The van der Waals surface area contributed by atoms with Crippen LogP contribution in [0.15, 0.2) is 12.3 Å². The quantitative estimate of drug-likeness (QED) is 0.789. The number of amides is 1. The normalized spacial score (nSPS) is 16.6. The summed E-state index contributed by atoms with van der Waals surface area (Å²) < 4.78 is 5.56. The first-order valence-electron chi connectivity index (χ1n) is 7.55. The highest BCUT2D eigenvalue weighted by atomic mass is 16.6. The Labute approximate surface area is 123 Å². The van der Waals surface area contributed by atoms with Crippen LogP contribution in [-0.4, -0.2) is 48.2 Å². The number of rotatable bonds is 4. The topological polar surface area (TPSA) is 32.8 Å². The van der Waals surface area contributed by atoms with Crippen LogP contribution >= 0.6 is 0 Å². The van der Waals surface area contributed by atoms with Crippen LogP contribution in [0.2, 0.25) is 0 Å². The van der Waals surface area contributed by atoms with Gasteiger partial charge in [-0.2, -0.15) is 0 Å². The summed E-state index contributed by atoms with van der Waals surface area (Å²) in [6.45, 7) is 10.3. The van der Waals surface area contributed by atoms with E-state index in [0.717, 1.165) is 18.5 Å². The molecule has 0 bridgehead atoms. The number of hydrogen-bond donors (Lipinski definition) is 0. The third-order valence-corrected chi connectivity index (χ3v) is 3.63. The van der Waals surface area contributed by atoms with Gasteiger partial charge in [-0.25, -0.2) is 4.79 Å². The molecule has 0 aromatic heterocycles. The van der Waals surface area contributed by atoms with Gasteiger partial charge in [0.05, 0.1) is 6.54 Å². The summed E-state index contributed by atoms with van der Waals surface area (Å²) in [4.78, 5) is 16.3. The van der Waals surface area contributed by atoms with Crippen LogP contribution in [0.25, 0.3) is 0 Å². The van der Waals surface area contributed by atoms with Gasteiger partial charge < -0.3 is 9.64 Å². The highest BCUT2D eigenvalue weighted by Crippen LogP contribution is 2.25. The van der Waals surface area contributed by atoms with E-state index in [0.29, 0.717) is 6.54 Å². The Kier molecular flexibility index (Phi) is 5.90. The molecule has 1 fully saturated rings. The maximum atomic E-state index is 12.5. The van der Waals surface area contributed by atoms with Crippen molar-refractivity contribution in [2.45, 2.75) is 64.5 Å². The third kappa shape index (κ3) is 5.43. The first-order chi connectivity index (χ1) is 9.20. The summed E-state index contributed by atoms with van der Waals surface area (Å²) in [6.07, 6.45) is 5.58. The van der Waals surface area contributed by atoms with Gasteiger partial charge in [0.15, 0.2) is 0 Å². The first kappa shape index (κ1) is 16.9. The summed E-state index contributed by atoms with van der Waals surface area (Å²) in [5.74, 6) is 0. The van der Waals surface area contributed by atoms with E-state index in [1.807, 2.05) is 44.7 Å². The average Bonchev–Trinajstić information content (AvgIpc) is 2.34. The molecule has 1 amide bonds. The fourth-order valence-corrected chi connectivity index (χ4v) is 2.39. The van der Waals surface area contributed by atoms with Crippen molar-refractivity contribution in [1.29, 1.82) is 0 Å². The molecule has 0 aromatic carbocycles. The molecule has 0 atom stereocenters. The van der Waals surface area contributed by atoms with Crippen LogP contribution in [0, 0.1) is 0 Å². The number of hydrogen-bond acceptors (Lipinski definition) is 3. The van der Waals surface area contributed by atoms with Crippen LogP contribution in [0.1, 0.15) is 52.9 Å². The Morgan fingerprint density at radius 2 is 1.75 bits per heavy atom. The fraction of sp³-hybridized carbons (Fsp3) is 0.812. The second-order valence-corrected chi connectivity index (χ2v) is 6.86. The van der Waals surface area contributed by atoms with Crippen molar-refractivity contribution in [2.24, 2.45) is 0 Å². The average molecular weight is 282 g/mol. The van der Waals surface area contributed by atoms with E-state index in [2.05, 4.69) is 6.58 Å². The lowest BCUT2D eigenvalue weighted by Gasteiger charge is -2.36. The molecule has 4 heteroatoms. The van der Waals surface area contributed by atoms with Gasteiger partial charge in [-0.1, -0.05) is 25.8 Å². The SMILES string of the molecule is C=C(CN(C(=O)OC(C)(C)C)C1CCCCC1)N(C)C. The molecule has 0 heterocycles. The zero-order valence-corrected chi connectivity index (χ0v) is 13.7. The van der Waals surface area contributed by atoms with Crippen molar-refractivity contribution in [3.05, 3.63) is 12.3 Å². The monoisotopic (exact) mass is 282 g/mol. The molecule has 0 aromatic rings. The van der Waals surface area contributed by atoms with Gasteiger partial charge in [0.2, 0.25) is 0 Å². The molecule has 1 aliphatic carbocycles. The highest BCUT2D eigenvalue weighted by Gasteiger charge is 2.29. The lowest BCUT2D eigenvalue weighted by Crippen LogP contribution is -2.46. The van der Waals surface area contributed by atoms with Crippen LogP contribution < -0.4 is 0 Å². The first-order valence-corrected chi connectivity index (χ1v) is 7.55. The van der Waals surface area contributed by atoms with Gasteiger partial charge in [0.25, 0.3) is 0 Å². The predicted molar refractivity (Wildman–Crippen MR) is 82.6 cm³/mol. The second kappa shape index (κ2) is 7.00. The number of carbonyl (C=O) groups is 1. The maximum Gasteiger partial charge on any atom is 0.410 e. The minimum Gasteiger partial charge on any atom is -0.444 e. The van der Waals surface area contributed by atoms with Crippen molar-refractivity contribution >= 4 is 6.09 Å². The summed E-state index contributed by atoms with van der Waals surface area (Å²) in [7, 11) is 3.91. The lowest BCUT2D eigenvalue weighted by molar-refractivity contribution is 0.0134. The number of likely N-dealkylation sites (N-methyl/N-ethyl adjacent to an activating group) is 1. The molecule has 0 spiro atoms. The zero-order valence-electron chi connectivity index (χ0n) is 13.7. The zero-order chi connectivity index (χ0) is 15.3. The Balaban J connectivity index is 2.77. The molecule has 0 saturated heterocycles. The highest BCUT2D eigenvalue weighted by molar-refractivity contribution is 5.69. The van der Waals surface area contributed by atoms with Crippen molar-refractivity contribution in [3.63, 3.8) is 0 Å². The number of nitrogens with zero attached hydrogens (tertiary/aromatic N) is 2. The van der Waals surface area contributed by atoms with Gasteiger partial charge in [-0.15, -0.1) is 0 Å². The van der Waals surface area contributed by atoms with E-state index in [9.17, 15) is 4.79 Å². The van der Waals surface area contributed by atoms with Crippen molar-refractivity contribution in [3.8, 4) is 0 Å². The molecular weight excluding hydrogens is 252 g/mol. The van der Waals surface area contributed by atoms with E-state index < -0.39 is 5.60 Å². The smallest absolute Gasteiger partial charge is 0.410 e. The van der Waals surface area contributed by atoms with Crippen LogP contribution in [0.5, 0.6) is 0 Å². The third-order valence-electron chi connectivity index (χ3n) is 3.63. The van der Waals surface area contributed by atoms with Gasteiger partial charge in [-0.05, 0) is 33.6 Å². The Hall–Kier alpha value is -1.19. The van der Waals surface area contributed by atoms with Gasteiger partial charge in [0, 0.05) is 25.8 Å². The minimum absolute atomic E-state index is 0.215. The van der Waals surface area contributed by atoms with E-state index in [1.54, 1.807) is 0 Å². The molecule has 0 unspecified atom stereocenters. The fourth-order valence-electron chi connectivity index (χ4n) is 2.39. The molecule has 1 saturated carbocycles. The van der Waals surface area contributed by atoms with Gasteiger partial charge in [-0.3, -0.25) is 4.90 Å². The van der Waals surface area contributed by atoms with Crippen molar-refractivity contribution in [1.82, 2.24) is 9.80 Å². The molecule has 0 radical (unpaired) electrons. The van der Waals surface area contributed by atoms with Gasteiger partial charge in [0.1, 0.15) is 5.60 Å². The molecule has 0 N–H and O–H groups in total. The van der Waals surface area contributed by atoms with Crippen molar-refractivity contribution in [2.75, 3.05) is 20.6 Å². The van der Waals surface area contributed by atoms with E-state index in [-0.39, 0.29) is 12.1 Å². The molecule has 20 heavy (non-hydrogen) atoms.